The molecule has 1 aromatic heterocycles. The Morgan fingerprint density at radius 2 is 2.12 bits per heavy atom. The van der Waals surface area contributed by atoms with Crippen molar-refractivity contribution in [1.82, 2.24) is 10.6 Å². The fourth-order valence-electron chi connectivity index (χ4n) is 2.43. The molecule has 0 saturated carbocycles. The first-order valence-corrected chi connectivity index (χ1v) is 8.15. The number of nitrogens with zero attached hydrogens (tertiary/aromatic N) is 1. The van der Waals surface area contributed by atoms with E-state index < -0.39 is 6.10 Å². The highest BCUT2D eigenvalue weighted by Crippen LogP contribution is 2.15. The fraction of sp³-hybridized carbons (Fsp3) is 0.389. The first kappa shape index (κ1) is 17.9. The van der Waals surface area contributed by atoms with Gasteiger partial charge in [0.05, 0.1) is 12.8 Å². The SMILES string of the molecule is CCN(CCNC(=O)NCC(O)c1ccco1)c1cccc(C)c1. The molecule has 1 heterocycles. The molecule has 1 atom stereocenters. The third kappa shape index (κ3) is 5.31. The Labute approximate surface area is 142 Å². The maximum atomic E-state index is 11.8. The highest BCUT2D eigenvalue weighted by molar-refractivity contribution is 5.73. The normalized spacial score (nSPS) is 11.8. The zero-order valence-corrected chi connectivity index (χ0v) is 14.2. The molecular formula is C18H25N3O3. The van der Waals surface area contributed by atoms with Crippen molar-refractivity contribution in [2.45, 2.75) is 20.0 Å². The number of hydrogen-bond donors (Lipinski definition) is 3. The van der Waals surface area contributed by atoms with Crippen LogP contribution in [-0.4, -0.2) is 37.3 Å². The molecule has 2 rings (SSSR count). The van der Waals surface area contributed by atoms with Gasteiger partial charge in [-0.05, 0) is 43.7 Å². The van der Waals surface area contributed by atoms with Gasteiger partial charge in [0.15, 0.2) is 0 Å². The van der Waals surface area contributed by atoms with Crippen LogP contribution in [-0.2, 0) is 0 Å². The van der Waals surface area contributed by atoms with Crippen molar-refractivity contribution in [3.05, 3.63) is 54.0 Å². The van der Waals surface area contributed by atoms with E-state index >= 15 is 0 Å². The summed E-state index contributed by atoms with van der Waals surface area (Å²) in [7, 11) is 0. The van der Waals surface area contributed by atoms with Crippen LogP contribution in [0.5, 0.6) is 0 Å². The van der Waals surface area contributed by atoms with Crippen LogP contribution in [0.3, 0.4) is 0 Å². The number of furan rings is 1. The molecule has 0 aliphatic rings. The summed E-state index contributed by atoms with van der Waals surface area (Å²) in [4.78, 5) is 14.0. The zero-order chi connectivity index (χ0) is 17.4. The van der Waals surface area contributed by atoms with Crippen molar-refractivity contribution in [2.75, 3.05) is 31.1 Å². The van der Waals surface area contributed by atoms with Crippen LogP contribution in [0.2, 0.25) is 0 Å². The number of nitrogens with one attached hydrogen (secondary N) is 2. The zero-order valence-electron chi connectivity index (χ0n) is 14.2. The topological polar surface area (TPSA) is 77.7 Å². The van der Waals surface area contributed by atoms with Crippen molar-refractivity contribution >= 4 is 11.7 Å². The van der Waals surface area contributed by atoms with Crippen LogP contribution in [0, 0.1) is 6.92 Å². The predicted molar refractivity (Wildman–Crippen MR) is 94.1 cm³/mol. The van der Waals surface area contributed by atoms with E-state index in [1.807, 2.05) is 6.07 Å². The maximum Gasteiger partial charge on any atom is 0.314 e. The Balaban J connectivity index is 1.71. The predicted octanol–water partition coefficient (Wildman–Crippen LogP) is 2.45. The number of aliphatic hydroxyl groups is 1. The number of aryl methyl sites for hydroxylation is 1. The fourth-order valence-corrected chi connectivity index (χ4v) is 2.43. The second-order valence-corrected chi connectivity index (χ2v) is 5.59. The molecule has 0 aliphatic heterocycles. The standard InChI is InChI=1S/C18H25N3O3/c1-3-21(15-7-4-6-14(2)12-15)10-9-19-18(23)20-13-16(22)17-8-5-11-24-17/h4-8,11-12,16,22H,3,9-10,13H2,1-2H3,(H2,19,20,23). The molecule has 0 spiro atoms. The van der Waals surface area contributed by atoms with Gasteiger partial charge in [-0.15, -0.1) is 0 Å². The van der Waals surface area contributed by atoms with Crippen LogP contribution in [0.15, 0.2) is 47.1 Å². The molecule has 0 bridgehead atoms. The second-order valence-electron chi connectivity index (χ2n) is 5.59. The van der Waals surface area contributed by atoms with Gasteiger partial charge in [0.25, 0.3) is 0 Å². The van der Waals surface area contributed by atoms with E-state index in [4.69, 9.17) is 4.42 Å². The largest absolute Gasteiger partial charge is 0.467 e. The van der Waals surface area contributed by atoms with E-state index in [0.29, 0.717) is 18.8 Å². The van der Waals surface area contributed by atoms with Gasteiger partial charge in [0, 0.05) is 25.3 Å². The van der Waals surface area contributed by atoms with Gasteiger partial charge in [0.1, 0.15) is 11.9 Å². The molecule has 0 fully saturated rings. The number of carbonyl (C=O) groups is 1. The summed E-state index contributed by atoms with van der Waals surface area (Å²) in [5, 5.41) is 15.3. The third-order valence-corrected chi connectivity index (χ3v) is 3.74. The van der Waals surface area contributed by atoms with Crippen molar-refractivity contribution in [3.63, 3.8) is 0 Å². The van der Waals surface area contributed by atoms with Gasteiger partial charge in [0.2, 0.25) is 0 Å². The highest BCUT2D eigenvalue weighted by Gasteiger charge is 2.11. The number of urea groups is 1. The van der Waals surface area contributed by atoms with Crippen LogP contribution in [0.4, 0.5) is 10.5 Å². The van der Waals surface area contributed by atoms with Gasteiger partial charge < -0.3 is 25.1 Å². The molecule has 1 unspecified atom stereocenters. The summed E-state index contributed by atoms with van der Waals surface area (Å²) in [5.74, 6) is 0.437. The van der Waals surface area contributed by atoms with E-state index in [-0.39, 0.29) is 12.6 Å². The minimum Gasteiger partial charge on any atom is -0.467 e. The van der Waals surface area contributed by atoms with Gasteiger partial charge in [-0.3, -0.25) is 0 Å². The number of benzene rings is 1. The Morgan fingerprint density at radius 3 is 2.79 bits per heavy atom. The summed E-state index contributed by atoms with van der Waals surface area (Å²) in [6, 6.07) is 11.4. The number of likely N-dealkylation sites (N-methyl/N-ethyl adjacent to an activating group) is 1. The molecule has 6 nitrogen and oxygen atoms in total. The molecule has 6 heteroatoms. The quantitative estimate of drug-likeness (QED) is 0.694. The Kier molecular flexibility index (Phi) is 6.69. The van der Waals surface area contributed by atoms with E-state index in [1.165, 1.54) is 11.8 Å². The van der Waals surface area contributed by atoms with Gasteiger partial charge >= 0.3 is 6.03 Å². The molecule has 2 aromatic rings. The van der Waals surface area contributed by atoms with E-state index in [1.54, 1.807) is 12.1 Å². The summed E-state index contributed by atoms with van der Waals surface area (Å²) < 4.78 is 5.08. The average Bonchev–Trinajstić information content (AvgIpc) is 3.11. The minimum absolute atomic E-state index is 0.106. The average molecular weight is 331 g/mol. The number of rotatable bonds is 8. The van der Waals surface area contributed by atoms with Crippen molar-refractivity contribution in [1.29, 1.82) is 0 Å². The van der Waals surface area contributed by atoms with E-state index in [2.05, 4.69) is 47.6 Å². The van der Waals surface area contributed by atoms with E-state index in [0.717, 1.165) is 12.2 Å². The molecule has 0 radical (unpaired) electrons. The van der Waals surface area contributed by atoms with Gasteiger partial charge in [-0.1, -0.05) is 12.1 Å². The minimum atomic E-state index is -0.842. The van der Waals surface area contributed by atoms with Gasteiger partial charge in [-0.2, -0.15) is 0 Å². The molecule has 0 saturated heterocycles. The molecular weight excluding hydrogens is 306 g/mol. The first-order valence-electron chi connectivity index (χ1n) is 8.15. The monoisotopic (exact) mass is 331 g/mol. The lowest BCUT2D eigenvalue weighted by molar-refractivity contribution is 0.148. The Hall–Kier alpha value is -2.47. The molecule has 2 amide bonds. The number of hydrogen-bond acceptors (Lipinski definition) is 4. The van der Waals surface area contributed by atoms with E-state index in [9.17, 15) is 9.90 Å². The Morgan fingerprint density at radius 1 is 1.29 bits per heavy atom. The van der Waals surface area contributed by atoms with Crippen LogP contribution >= 0.6 is 0 Å². The summed E-state index contributed by atoms with van der Waals surface area (Å²) in [5.41, 5.74) is 2.36. The van der Waals surface area contributed by atoms with Crippen LogP contribution in [0.1, 0.15) is 24.4 Å². The second kappa shape index (κ2) is 8.98. The number of carbonyl (C=O) groups excluding carboxylic acids is 1. The number of anilines is 1. The summed E-state index contributed by atoms with van der Waals surface area (Å²) in [6.45, 7) is 6.35. The lowest BCUT2D eigenvalue weighted by atomic mass is 10.2. The molecule has 24 heavy (non-hydrogen) atoms. The Bertz CT molecular complexity index is 628. The summed E-state index contributed by atoms with van der Waals surface area (Å²) in [6.07, 6.45) is 0.647. The van der Waals surface area contributed by atoms with Crippen LogP contribution < -0.4 is 15.5 Å². The first-order chi connectivity index (χ1) is 11.6. The van der Waals surface area contributed by atoms with Crippen molar-refractivity contribution < 1.29 is 14.3 Å². The lowest BCUT2D eigenvalue weighted by Crippen LogP contribution is -2.41. The molecule has 0 aliphatic carbocycles. The third-order valence-electron chi connectivity index (χ3n) is 3.74. The number of aliphatic hydroxyl groups excluding tert-OH is 1. The maximum absolute atomic E-state index is 11.8. The lowest BCUT2D eigenvalue weighted by Gasteiger charge is -2.23. The molecule has 1 aromatic carbocycles. The van der Waals surface area contributed by atoms with Crippen molar-refractivity contribution in [2.24, 2.45) is 0 Å². The molecule has 3 N–H and O–H groups in total. The summed E-state index contributed by atoms with van der Waals surface area (Å²) >= 11 is 0. The van der Waals surface area contributed by atoms with Gasteiger partial charge in [-0.25, -0.2) is 4.79 Å². The van der Waals surface area contributed by atoms with Crippen molar-refractivity contribution in [3.8, 4) is 0 Å². The molecule has 130 valence electrons. The smallest absolute Gasteiger partial charge is 0.314 e. The van der Waals surface area contributed by atoms with Crippen LogP contribution in [0.25, 0.3) is 0 Å². The highest BCUT2D eigenvalue weighted by atomic mass is 16.4. The number of amides is 2.